The molecule has 0 saturated carbocycles. The number of hydrogen-bond acceptors (Lipinski definition) is 3. The number of carbonyl (C=O) groups excluding carboxylic acids is 1. The van der Waals surface area contributed by atoms with Crippen molar-refractivity contribution in [2.45, 2.75) is 12.3 Å². The van der Waals surface area contributed by atoms with Gasteiger partial charge in [-0.15, -0.1) is 0 Å². The first-order chi connectivity index (χ1) is 9.75. The maximum Gasteiger partial charge on any atom is 1.00 e. The first-order valence-corrected chi connectivity index (χ1v) is 6.46. The molecule has 1 unspecified atom stereocenters. The molecule has 1 aromatic heterocycles. The van der Waals surface area contributed by atoms with Crippen molar-refractivity contribution in [3.63, 3.8) is 0 Å². The zero-order valence-electron chi connectivity index (χ0n) is 11.8. The number of carboxylic acids is 1. The molecule has 0 radical (unpaired) electrons. The second kappa shape index (κ2) is 6.94. The molecule has 21 heavy (non-hydrogen) atoms. The minimum Gasteiger partial charge on any atom is -0.549 e. The Kier molecular flexibility index (Phi) is 5.23. The van der Waals surface area contributed by atoms with Gasteiger partial charge in [-0.05, 0) is 28.5 Å². The van der Waals surface area contributed by atoms with Crippen LogP contribution in [0.15, 0.2) is 65.3 Å². The smallest absolute Gasteiger partial charge is 0.549 e. The third kappa shape index (κ3) is 3.38. The molecule has 0 fully saturated rings. The number of hydrogen-bond donors (Lipinski definition) is 0. The average Bonchev–Trinajstić information content (AvgIpc) is 2.97. The molecule has 3 rings (SSSR count). The Labute approximate surface area is 144 Å². The quantitative estimate of drug-likeness (QED) is 0.609. The van der Waals surface area contributed by atoms with Crippen LogP contribution in [0.2, 0.25) is 0 Å². The Morgan fingerprint density at radius 3 is 2.52 bits per heavy atom. The number of furan rings is 1. The van der Waals surface area contributed by atoms with Crippen LogP contribution in [-0.4, -0.2) is 5.97 Å². The first kappa shape index (κ1) is 15.8. The van der Waals surface area contributed by atoms with E-state index in [0.29, 0.717) is 12.2 Å². The topological polar surface area (TPSA) is 53.3 Å². The van der Waals surface area contributed by atoms with Gasteiger partial charge in [0.2, 0.25) is 0 Å². The molecule has 0 aliphatic heterocycles. The molecule has 4 heteroatoms. The zero-order chi connectivity index (χ0) is 13.9. The van der Waals surface area contributed by atoms with Crippen molar-refractivity contribution in [2.75, 3.05) is 0 Å². The maximum absolute atomic E-state index is 11.5. The van der Waals surface area contributed by atoms with Gasteiger partial charge in [-0.2, -0.15) is 0 Å². The van der Waals surface area contributed by atoms with Gasteiger partial charge in [0.1, 0.15) is 5.76 Å². The van der Waals surface area contributed by atoms with E-state index in [1.54, 1.807) is 18.4 Å². The van der Waals surface area contributed by atoms with Gasteiger partial charge in [0.25, 0.3) is 0 Å². The Morgan fingerprint density at radius 2 is 1.81 bits per heavy atom. The van der Waals surface area contributed by atoms with Gasteiger partial charge in [-0.25, -0.2) is 0 Å². The van der Waals surface area contributed by atoms with Gasteiger partial charge in [-0.1, -0.05) is 42.5 Å². The summed E-state index contributed by atoms with van der Waals surface area (Å²) in [6.07, 6.45) is 1.84. The van der Waals surface area contributed by atoms with Crippen LogP contribution < -0.4 is 34.7 Å². The fraction of sp³-hybridized carbons (Fsp3) is 0.118. The second-order valence-electron chi connectivity index (χ2n) is 4.72. The number of carboxylic acid groups (broad SMARTS) is 1. The maximum atomic E-state index is 11.5. The van der Waals surface area contributed by atoms with Gasteiger partial charge < -0.3 is 14.3 Å². The van der Waals surface area contributed by atoms with Gasteiger partial charge in [0.05, 0.1) is 6.26 Å². The minimum atomic E-state index is -1.09. The third-order valence-electron chi connectivity index (χ3n) is 3.47. The van der Waals surface area contributed by atoms with E-state index in [1.165, 1.54) is 0 Å². The standard InChI is InChI=1S/C17H14O3.Na/c18-17(19)16(11-13-7-4-10-20-13)15-9-3-6-12-5-1-2-8-14(12)15;/h1-10,16H,11H2,(H,18,19);/q;+1/p-1. The summed E-state index contributed by atoms with van der Waals surface area (Å²) >= 11 is 0. The molecule has 3 nitrogen and oxygen atoms in total. The molecule has 0 N–H and O–H groups in total. The van der Waals surface area contributed by atoms with Crippen molar-refractivity contribution < 1.29 is 43.9 Å². The van der Waals surface area contributed by atoms with E-state index >= 15 is 0 Å². The average molecular weight is 288 g/mol. The summed E-state index contributed by atoms with van der Waals surface area (Å²) in [5.74, 6) is -1.16. The Balaban J connectivity index is 0.00000161. The molecule has 0 saturated heterocycles. The van der Waals surface area contributed by atoms with Gasteiger partial charge >= 0.3 is 29.6 Å². The van der Waals surface area contributed by atoms with E-state index < -0.39 is 11.9 Å². The largest absolute Gasteiger partial charge is 1.00 e. The van der Waals surface area contributed by atoms with Gasteiger partial charge in [-0.3, -0.25) is 0 Å². The summed E-state index contributed by atoms with van der Waals surface area (Å²) in [4.78, 5) is 11.5. The minimum absolute atomic E-state index is 0. The molecular formula is C17H13NaO3. The van der Waals surface area contributed by atoms with E-state index in [1.807, 2.05) is 42.5 Å². The Hall–Kier alpha value is -1.55. The summed E-state index contributed by atoms with van der Waals surface area (Å²) in [5, 5.41) is 13.5. The molecule has 100 valence electrons. The van der Waals surface area contributed by atoms with Crippen molar-refractivity contribution in [3.8, 4) is 0 Å². The summed E-state index contributed by atoms with van der Waals surface area (Å²) < 4.78 is 5.26. The molecule has 1 atom stereocenters. The molecule has 0 aliphatic carbocycles. The Bertz CT molecular complexity index is 729. The van der Waals surface area contributed by atoms with Crippen LogP contribution in [0.3, 0.4) is 0 Å². The fourth-order valence-electron chi connectivity index (χ4n) is 2.50. The van der Waals surface area contributed by atoms with Crippen LogP contribution >= 0.6 is 0 Å². The molecule has 0 amide bonds. The molecule has 0 bridgehead atoms. The van der Waals surface area contributed by atoms with Crippen LogP contribution in [0.1, 0.15) is 17.2 Å². The monoisotopic (exact) mass is 288 g/mol. The molecule has 0 spiro atoms. The van der Waals surface area contributed by atoms with Gasteiger partial charge in [0.15, 0.2) is 0 Å². The number of carbonyl (C=O) groups is 1. The number of benzene rings is 2. The summed E-state index contributed by atoms with van der Waals surface area (Å²) in [6, 6.07) is 17.0. The number of rotatable bonds is 4. The van der Waals surface area contributed by atoms with Crippen molar-refractivity contribution in [1.29, 1.82) is 0 Å². The normalized spacial score (nSPS) is 11.8. The van der Waals surface area contributed by atoms with E-state index in [2.05, 4.69) is 0 Å². The van der Waals surface area contributed by atoms with Crippen LogP contribution in [0.5, 0.6) is 0 Å². The first-order valence-electron chi connectivity index (χ1n) is 6.46. The van der Waals surface area contributed by atoms with Crippen molar-refractivity contribution in [3.05, 3.63) is 72.2 Å². The predicted molar refractivity (Wildman–Crippen MR) is 74.1 cm³/mol. The molecule has 1 heterocycles. The van der Waals surface area contributed by atoms with Crippen molar-refractivity contribution >= 4 is 16.7 Å². The predicted octanol–water partition coefficient (Wildman–Crippen LogP) is -0.487. The number of fused-ring (bicyclic) bond motifs is 1. The Morgan fingerprint density at radius 1 is 1.05 bits per heavy atom. The van der Waals surface area contributed by atoms with E-state index in [4.69, 9.17) is 4.42 Å². The number of aliphatic carboxylic acids is 1. The fourth-order valence-corrected chi connectivity index (χ4v) is 2.50. The summed E-state index contributed by atoms with van der Waals surface area (Å²) in [5.41, 5.74) is 0.763. The summed E-state index contributed by atoms with van der Waals surface area (Å²) in [6.45, 7) is 0. The van der Waals surface area contributed by atoms with Crippen LogP contribution in [-0.2, 0) is 11.2 Å². The molecule has 3 aromatic rings. The van der Waals surface area contributed by atoms with Crippen LogP contribution in [0.25, 0.3) is 10.8 Å². The van der Waals surface area contributed by atoms with Crippen molar-refractivity contribution in [2.24, 2.45) is 0 Å². The molecular weight excluding hydrogens is 275 g/mol. The molecule has 2 aromatic carbocycles. The van der Waals surface area contributed by atoms with Crippen LogP contribution in [0, 0.1) is 0 Å². The van der Waals surface area contributed by atoms with E-state index in [0.717, 1.165) is 16.3 Å². The summed E-state index contributed by atoms with van der Waals surface area (Å²) in [7, 11) is 0. The van der Waals surface area contributed by atoms with E-state index in [-0.39, 0.29) is 29.6 Å². The SMILES string of the molecule is O=C([O-])C(Cc1ccco1)c1cccc2ccccc12.[Na+]. The zero-order valence-corrected chi connectivity index (χ0v) is 13.8. The second-order valence-corrected chi connectivity index (χ2v) is 4.72. The third-order valence-corrected chi connectivity index (χ3v) is 3.47. The van der Waals surface area contributed by atoms with E-state index in [9.17, 15) is 9.90 Å². The molecule has 0 aliphatic rings. The van der Waals surface area contributed by atoms with Crippen LogP contribution in [0.4, 0.5) is 0 Å². The van der Waals surface area contributed by atoms with Crippen molar-refractivity contribution in [1.82, 2.24) is 0 Å². The van der Waals surface area contributed by atoms with Gasteiger partial charge in [0, 0.05) is 18.3 Å².